The molecule has 4 rings (SSSR count). The number of carbonyl (C=O) groups excluding carboxylic acids is 1. The zero-order valence-electron chi connectivity index (χ0n) is 10.4. The molecule has 0 amide bonds. The summed E-state index contributed by atoms with van der Waals surface area (Å²) >= 11 is 0. The number of rotatable bonds is 0. The fourth-order valence-corrected chi connectivity index (χ4v) is 4.97. The summed E-state index contributed by atoms with van der Waals surface area (Å²) in [6, 6.07) is 0. The van der Waals surface area contributed by atoms with E-state index in [1.165, 1.54) is 25.7 Å². The van der Waals surface area contributed by atoms with Crippen molar-refractivity contribution in [2.75, 3.05) is 0 Å². The van der Waals surface area contributed by atoms with E-state index >= 15 is 0 Å². The number of fused-ring (bicyclic) bond motifs is 3. The summed E-state index contributed by atoms with van der Waals surface area (Å²) < 4.78 is 6.35. The molecule has 2 heterocycles. The van der Waals surface area contributed by atoms with E-state index in [4.69, 9.17) is 4.74 Å². The van der Waals surface area contributed by atoms with Crippen LogP contribution in [0.25, 0.3) is 0 Å². The molecule has 2 nitrogen and oxygen atoms in total. The first-order chi connectivity index (χ1) is 8.13. The van der Waals surface area contributed by atoms with Crippen LogP contribution in [0.3, 0.4) is 0 Å². The lowest BCUT2D eigenvalue weighted by atomic mass is 9.68. The lowest BCUT2D eigenvalue weighted by Gasteiger charge is -2.33. The second-order valence-corrected chi connectivity index (χ2v) is 6.79. The number of ether oxygens (including phenoxy) is 1. The normalized spacial score (nSPS) is 55.8. The van der Waals surface area contributed by atoms with Crippen molar-refractivity contribution in [2.45, 2.75) is 57.2 Å². The number of hydrogen-bond acceptors (Lipinski definition) is 2. The standard InChI is InChI=1S/C15H20O2/c1-14-7-4-11(16)13(14)12-5-8-15(17-12)6-2-3-10(15)9-14/h5,8,10,12-13H,2-4,6-7,9H2,1H3/t10-,12?,13-,14+,15-/m0/s1. The predicted molar refractivity (Wildman–Crippen MR) is 64.5 cm³/mol. The van der Waals surface area contributed by atoms with E-state index in [-0.39, 0.29) is 23.0 Å². The molecular formula is C15H20O2. The number of carbonyl (C=O) groups is 1. The maximum absolute atomic E-state index is 12.2. The van der Waals surface area contributed by atoms with Crippen LogP contribution in [-0.2, 0) is 9.53 Å². The molecular weight excluding hydrogens is 212 g/mol. The van der Waals surface area contributed by atoms with Crippen LogP contribution in [0.4, 0.5) is 0 Å². The van der Waals surface area contributed by atoms with Crippen LogP contribution in [0, 0.1) is 17.3 Å². The van der Waals surface area contributed by atoms with Gasteiger partial charge >= 0.3 is 0 Å². The molecule has 17 heavy (non-hydrogen) atoms. The van der Waals surface area contributed by atoms with Crippen LogP contribution in [-0.4, -0.2) is 17.5 Å². The van der Waals surface area contributed by atoms with Gasteiger partial charge in [-0.25, -0.2) is 0 Å². The highest BCUT2D eigenvalue weighted by atomic mass is 16.5. The Morgan fingerprint density at radius 3 is 3.18 bits per heavy atom. The topological polar surface area (TPSA) is 26.3 Å². The molecule has 2 saturated carbocycles. The number of Topliss-reactive ketones (excluding diaryl/α,β-unsaturated/α-hetero) is 1. The summed E-state index contributed by atoms with van der Waals surface area (Å²) in [7, 11) is 0. The summed E-state index contributed by atoms with van der Waals surface area (Å²) in [6.45, 7) is 2.33. The van der Waals surface area contributed by atoms with Crippen molar-refractivity contribution in [3.05, 3.63) is 12.2 Å². The van der Waals surface area contributed by atoms with Crippen LogP contribution in [0.5, 0.6) is 0 Å². The van der Waals surface area contributed by atoms with Crippen LogP contribution >= 0.6 is 0 Å². The first-order valence-corrected chi connectivity index (χ1v) is 7.03. The van der Waals surface area contributed by atoms with Gasteiger partial charge in [0.05, 0.1) is 17.6 Å². The molecule has 2 bridgehead atoms. The summed E-state index contributed by atoms with van der Waals surface area (Å²) in [5.41, 5.74) is 0.224. The van der Waals surface area contributed by atoms with Gasteiger partial charge in [0.1, 0.15) is 5.78 Å². The molecule has 2 heteroatoms. The molecule has 0 aromatic rings. The highest BCUT2D eigenvalue weighted by Gasteiger charge is 2.59. The first-order valence-electron chi connectivity index (χ1n) is 7.03. The van der Waals surface area contributed by atoms with Crippen LogP contribution < -0.4 is 0 Å². The second kappa shape index (κ2) is 3.03. The molecule has 2 aliphatic heterocycles. The van der Waals surface area contributed by atoms with E-state index in [1.54, 1.807) is 0 Å². The Morgan fingerprint density at radius 1 is 1.41 bits per heavy atom. The molecule has 0 aromatic heterocycles. The molecule has 1 spiro atoms. The molecule has 2 aliphatic carbocycles. The smallest absolute Gasteiger partial charge is 0.139 e. The van der Waals surface area contributed by atoms with Crippen molar-refractivity contribution >= 4 is 5.78 Å². The highest BCUT2D eigenvalue weighted by molar-refractivity contribution is 5.85. The van der Waals surface area contributed by atoms with Crippen molar-refractivity contribution in [1.82, 2.24) is 0 Å². The number of ketones is 1. The summed E-state index contributed by atoms with van der Waals surface area (Å²) in [5.74, 6) is 1.24. The lowest BCUT2D eigenvalue weighted by Crippen LogP contribution is -2.34. The fourth-order valence-electron chi connectivity index (χ4n) is 4.97. The molecule has 3 fully saturated rings. The first kappa shape index (κ1) is 10.3. The summed E-state index contributed by atoms with van der Waals surface area (Å²) in [6.07, 6.45) is 11.4. The molecule has 5 atom stereocenters. The van der Waals surface area contributed by atoms with Crippen molar-refractivity contribution in [3.63, 3.8) is 0 Å². The molecule has 1 unspecified atom stereocenters. The monoisotopic (exact) mass is 232 g/mol. The van der Waals surface area contributed by atoms with Crippen molar-refractivity contribution in [1.29, 1.82) is 0 Å². The molecule has 0 radical (unpaired) electrons. The van der Waals surface area contributed by atoms with E-state index in [0.717, 1.165) is 12.8 Å². The van der Waals surface area contributed by atoms with Gasteiger partial charge in [-0.1, -0.05) is 19.1 Å². The van der Waals surface area contributed by atoms with Crippen molar-refractivity contribution in [2.24, 2.45) is 17.3 Å². The molecule has 0 aromatic carbocycles. The van der Waals surface area contributed by atoms with Gasteiger partial charge in [-0.05, 0) is 43.4 Å². The van der Waals surface area contributed by atoms with Crippen LogP contribution in [0.1, 0.15) is 45.4 Å². The minimum atomic E-state index is 0.0122. The Labute approximate surface area is 102 Å². The van der Waals surface area contributed by atoms with Gasteiger partial charge in [0.2, 0.25) is 0 Å². The Morgan fingerprint density at radius 2 is 2.29 bits per heavy atom. The molecule has 92 valence electrons. The maximum Gasteiger partial charge on any atom is 0.139 e. The van der Waals surface area contributed by atoms with Gasteiger partial charge in [0.15, 0.2) is 0 Å². The largest absolute Gasteiger partial charge is 0.363 e. The van der Waals surface area contributed by atoms with Crippen LogP contribution in [0.2, 0.25) is 0 Å². The third-order valence-corrected chi connectivity index (χ3v) is 5.82. The van der Waals surface area contributed by atoms with E-state index in [2.05, 4.69) is 19.1 Å². The minimum absolute atomic E-state index is 0.0122. The summed E-state index contributed by atoms with van der Waals surface area (Å²) in [4.78, 5) is 12.2. The third kappa shape index (κ3) is 1.17. The Bertz CT molecular complexity index is 413. The lowest BCUT2D eigenvalue weighted by molar-refractivity contribution is -0.128. The highest BCUT2D eigenvalue weighted by Crippen LogP contribution is 2.59. The average Bonchev–Trinajstić information content (AvgIpc) is 2.91. The zero-order valence-corrected chi connectivity index (χ0v) is 10.4. The van der Waals surface area contributed by atoms with Gasteiger partial charge in [0, 0.05) is 6.42 Å². The molecule has 4 aliphatic rings. The SMILES string of the molecule is C[C@]12CCC(=O)[C@H]1C1C=C[C@]3(CCC[C@H]3C2)O1. The van der Waals surface area contributed by atoms with Gasteiger partial charge in [-0.3, -0.25) is 4.79 Å². The number of hydrogen-bond donors (Lipinski definition) is 0. The van der Waals surface area contributed by atoms with Crippen LogP contribution in [0.15, 0.2) is 12.2 Å². The van der Waals surface area contributed by atoms with E-state index in [0.29, 0.717) is 11.7 Å². The maximum atomic E-state index is 12.2. The minimum Gasteiger partial charge on any atom is -0.363 e. The van der Waals surface area contributed by atoms with Crippen molar-refractivity contribution < 1.29 is 9.53 Å². The Balaban J connectivity index is 1.81. The third-order valence-electron chi connectivity index (χ3n) is 5.82. The van der Waals surface area contributed by atoms with Gasteiger partial charge in [-0.15, -0.1) is 0 Å². The van der Waals surface area contributed by atoms with E-state index in [9.17, 15) is 4.79 Å². The molecule has 1 saturated heterocycles. The Kier molecular flexibility index (Phi) is 1.84. The van der Waals surface area contributed by atoms with Gasteiger partial charge < -0.3 is 4.74 Å². The van der Waals surface area contributed by atoms with Crippen molar-refractivity contribution in [3.8, 4) is 0 Å². The average molecular weight is 232 g/mol. The predicted octanol–water partition coefficient (Wildman–Crippen LogP) is 2.87. The zero-order chi connectivity index (χ0) is 11.7. The van der Waals surface area contributed by atoms with Gasteiger partial charge in [0.25, 0.3) is 0 Å². The second-order valence-electron chi connectivity index (χ2n) is 6.79. The summed E-state index contributed by atoms with van der Waals surface area (Å²) in [5, 5.41) is 0. The van der Waals surface area contributed by atoms with E-state index in [1.807, 2.05) is 0 Å². The fraction of sp³-hybridized carbons (Fsp3) is 0.800. The Hall–Kier alpha value is -0.630. The van der Waals surface area contributed by atoms with Gasteiger partial charge in [-0.2, -0.15) is 0 Å². The molecule has 0 N–H and O–H groups in total. The van der Waals surface area contributed by atoms with E-state index < -0.39 is 0 Å². The quantitative estimate of drug-likeness (QED) is 0.600.